The highest BCUT2D eigenvalue weighted by Crippen LogP contribution is 2.37. The zero-order valence-electron chi connectivity index (χ0n) is 10.5. The van der Waals surface area contributed by atoms with Crippen LogP contribution in [0.1, 0.15) is 17.4 Å². The number of hydrogen-bond donors (Lipinski definition) is 2. The summed E-state index contributed by atoms with van der Waals surface area (Å²) in [4.78, 5) is 26.0. The molecule has 0 spiro atoms. The molecule has 0 saturated heterocycles. The third kappa shape index (κ3) is 3.49. The molecule has 22 heavy (non-hydrogen) atoms. The molecule has 1 aromatic heterocycles. The number of alkyl halides is 3. The summed E-state index contributed by atoms with van der Waals surface area (Å²) in [6.07, 6.45) is 0. The maximum atomic E-state index is 11.0. The molecule has 0 saturated carbocycles. The van der Waals surface area contributed by atoms with E-state index in [1.54, 1.807) is 0 Å². The molecular formula is C12H7Cl3N2O5. The summed E-state index contributed by atoms with van der Waals surface area (Å²) >= 11 is 16.8. The van der Waals surface area contributed by atoms with Crippen molar-refractivity contribution in [3.8, 4) is 11.4 Å². The molecule has 0 aliphatic rings. The Balaban J connectivity index is 2.42. The van der Waals surface area contributed by atoms with Gasteiger partial charge in [0.05, 0.1) is 0 Å². The van der Waals surface area contributed by atoms with Crippen LogP contribution in [0.15, 0.2) is 28.8 Å². The van der Waals surface area contributed by atoms with E-state index < -0.39 is 21.6 Å². The van der Waals surface area contributed by atoms with E-state index in [1.165, 1.54) is 24.3 Å². The number of halogens is 3. The predicted octanol–water partition coefficient (Wildman–Crippen LogP) is 2.82. The van der Waals surface area contributed by atoms with Crippen molar-refractivity contribution < 1.29 is 24.3 Å². The third-order valence-electron chi connectivity index (χ3n) is 2.64. The number of nitrogens with zero attached hydrogens (tertiary/aromatic N) is 2. The van der Waals surface area contributed by atoms with E-state index in [-0.39, 0.29) is 17.3 Å². The zero-order valence-corrected chi connectivity index (χ0v) is 12.8. The van der Waals surface area contributed by atoms with E-state index >= 15 is 0 Å². The Morgan fingerprint density at radius 3 is 2.32 bits per heavy atom. The Labute approximate surface area is 138 Å². The first-order valence-electron chi connectivity index (χ1n) is 5.67. The maximum Gasteiger partial charge on any atom is 0.322 e. The van der Waals surface area contributed by atoms with Crippen LogP contribution in [0.5, 0.6) is 0 Å². The molecule has 1 aromatic carbocycles. The van der Waals surface area contributed by atoms with Crippen molar-refractivity contribution in [3.05, 3.63) is 35.7 Å². The molecule has 116 valence electrons. The fourth-order valence-corrected chi connectivity index (χ4v) is 1.93. The average Bonchev–Trinajstić information content (AvgIpc) is 2.87. The fraction of sp³-hybridized carbons (Fsp3) is 0.167. The quantitative estimate of drug-likeness (QED) is 0.632. The Kier molecular flexibility index (Phi) is 4.60. The number of hydrogen-bond acceptors (Lipinski definition) is 5. The van der Waals surface area contributed by atoms with Gasteiger partial charge in [-0.1, -0.05) is 58.2 Å². The van der Waals surface area contributed by atoms with Gasteiger partial charge in [-0.25, -0.2) is 0 Å². The summed E-state index contributed by atoms with van der Waals surface area (Å²) in [6.45, 7) is 0. The van der Waals surface area contributed by atoms with Crippen LogP contribution in [0.4, 0.5) is 0 Å². The van der Waals surface area contributed by atoms with E-state index in [2.05, 4.69) is 10.1 Å². The summed E-state index contributed by atoms with van der Waals surface area (Å²) < 4.78 is 2.89. The fourth-order valence-electron chi connectivity index (χ4n) is 1.70. The van der Waals surface area contributed by atoms with Gasteiger partial charge in [-0.05, 0) is 11.6 Å². The van der Waals surface area contributed by atoms with Gasteiger partial charge >= 0.3 is 11.9 Å². The van der Waals surface area contributed by atoms with Crippen LogP contribution in [0.2, 0.25) is 0 Å². The minimum Gasteiger partial charge on any atom is -0.480 e. The van der Waals surface area contributed by atoms with Gasteiger partial charge in [-0.15, -0.1) is 0 Å². The molecule has 2 rings (SSSR count). The standard InChI is InChI=1S/C12H7Cl3N2O5/c13-12(14,15)11-16-8(17-22-11)6-3-1-2-5(4-6)7(9(18)19)10(20)21/h1-4,7H,(H,18,19)(H,20,21). The Bertz CT molecular complexity index is 712. The summed E-state index contributed by atoms with van der Waals surface area (Å²) in [5.41, 5.74) is 0.381. The van der Waals surface area contributed by atoms with Gasteiger partial charge in [0.15, 0.2) is 5.92 Å². The minimum atomic E-state index is -1.90. The van der Waals surface area contributed by atoms with E-state index in [0.717, 1.165) is 0 Å². The molecule has 0 atom stereocenters. The second kappa shape index (κ2) is 6.12. The summed E-state index contributed by atoms with van der Waals surface area (Å²) in [5, 5.41) is 21.6. The number of aliphatic carboxylic acids is 2. The van der Waals surface area contributed by atoms with Crippen LogP contribution in [-0.4, -0.2) is 32.3 Å². The van der Waals surface area contributed by atoms with Gasteiger partial charge in [0, 0.05) is 5.56 Å². The minimum absolute atomic E-state index is 0.0395. The van der Waals surface area contributed by atoms with Crippen molar-refractivity contribution in [2.24, 2.45) is 0 Å². The highest BCUT2D eigenvalue weighted by molar-refractivity contribution is 6.66. The maximum absolute atomic E-state index is 11.0. The molecule has 0 amide bonds. The van der Waals surface area contributed by atoms with Crippen LogP contribution < -0.4 is 0 Å². The number of carboxylic acid groups (broad SMARTS) is 2. The first kappa shape index (κ1) is 16.5. The van der Waals surface area contributed by atoms with E-state index in [9.17, 15) is 9.59 Å². The lowest BCUT2D eigenvalue weighted by atomic mass is 9.97. The lowest BCUT2D eigenvalue weighted by molar-refractivity contribution is -0.150. The molecule has 2 N–H and O–H groups in total. The van der Waals surface area contributed by atoms with Crippen molar-refractivity contribution in [2.75, 3.05) is 0 Å². The highest BCUT2D eigenvalue weighted by Gasteiger charge is 2.31. The van der Waals surface area contributed by atoms with Crippen molar-refractivity contribution in [3.63, 3.8) is 0 Å². The molecule has 0 aliphatic heterocycles. The van der Waals surface area contributed by atoms with Gasteiger partial charge in [0.1, 0.15) is 0 Å². The first-order valence-corrected chi connectivity index (χ1v) is 6.80. The number of carbonyl (C=O) groups is 2. The van der Waals surface area contributed by atoms with Crippen LogP contribution in [0, 0.1) is 0 Å². The van der Waals surface area contributed by atoms with Crippen molar-refractivity contribution in [2.45, 2.75) is 9.71 Å². The SMILES string of the molecule is O=C(O)C(C(=O)O)c1cccc(-c2noc(C(Cl)(Cl)Cl)n2)c1. The molecule has 2 aromatic rings. The van der Waals surface area contributed by atoms with Crippen LogP contribution >= 0.6 is 34.8 Å². The Hall–Kier alpha value is -1.83. The smallest absolute Gasteiger partial charge is 0.322 e. The van der Waals surface area contributed by atoms with Crippen LogP contribution in [0.25, 0.3) is 11.4 Å². The van der Waals surface area contributed by atoms with E-state index in [1.807, 2.05) is 0 Å². The van der Waals surface area contributed by atoms with Gasteiger partial charge in [-0.2, -0.15) is 4.98 Å². The zero-order chi connectivity index (χ0) is 16.5. The number of benzene rings is 1. The van der Waals surface area contributed by atoms with Crippen LogP contribution in [-0.2, 0) is 13.4 Å². The van der Waals surface area contributed by atoms with Gasteiger partial charge in [0.2, 0.25) is 5.82 Å². The van der Waals surface area contributed by atoms with Crippen molar-refractivity contribution >= 4 is 46.7 Å². The predicted molar refractivity (Wildman–Crippen MR) is 77.0 cm³/mol. The second-order valence-electron chi connectivity index (χ2n) is 4.16. The second-order valence-corrected chi connectivity index (χ2v) is 6.44. The molecule has 1 heterocycles. The number of carboxylic acids is 2. The summed E-state index contributed by atoms with van der Waals surface area (Å²) in [5.74, 6) is -4.90. The Morgan fingerprint density at radius 2 is 1.82 bits per heavy atom. The number of aromatic nitrogens is 2. The van der Waals surface area contributed by atoms with Gasteiger partial charge < -0.3 is 14.7 Å². The molecular weight excluding hydrogens is 358 g/mol. The Morgan fingerprint density at radius 1 is 1.18 bits per heavy atom. The van der Waals surface area contributed by atoms with Crippen LogP contribution in [0.3, 0.4) is 0 Å². The third-order valence-corrected chi connectivity index (χ3v) is 3.13. The molecule has 10 heteroatoms. The first-order chi connectivity index (χ1) is 10.2. The highest BCUT2D eigenvalue weighted by atomic mass is 35.6. The van der Waals surface area contributed by atoms with Crippen molar-refractivity contribution in [1.82, 2.24) is 10.1 Å². The topological polar surface area (TPSA) is 114 Å². The van der Waals surface area contributed by atoms with Gasteiger partial charge in [0.25, 0.3) is 9.68 Å². The molecule has 0 fully saturated rings. The van der Waals surface area contributed by atoms with Gasteiger partial charge in [-0.3, -0.25) is 9.59 Å². The monoisotopic (exact) mass is 364 g/mol. The van der Waals surface area contributed by atoms with Crippen molar-refractivity contribution in [1.29, 1.82) is 0 Å². The molecule has 0 unspecified atom stereocenters. The molecule has 0 radical (unpaired) electrons. The lowest BCUT2D eigenvalue weighted by Crippen LogP contribution is -2.21. The molecule has 7 nitrogen and oxygen atoms in total. The average molecular weight is 366 g/mol. The molecule has 0 bridgehead atoms. The molecule has 0 aliphatic carbocycles. The van der Waals surface area contributed by atoms with E-state index in [0.29, 0.717) is 5.56 Å². The lowest BCUT2D eigenvalue weighted by Gasteiger charge is -2.08. The van der Waals surface area contributed by atoms with E-state index in [4.69, 9.17) is 49.5 Å². The normalized spacial score (nSPS) is 11.6. The largest absolute Gasteiger partial charge is 0.480 e. The summed E-state index contributed by atoms with van der Waals surface area (Å²) in [6, 6.07) is 5.69. The summed E-state index contributed by atoms with van der Waals surface area (Å²) in [7, 11) is 0. The number of rotatable bonds is 4.